The van der Waals surface area contributed by atoms with Crippen LogP contribution in [0.5, 0.6) is 0 Å². The Bertz CT molecular complexity index is 1850. The Hall–Kier alpha value is -6.70. The summed E-state index contributed by atoms with van der Waals surface area (Å²) in [6.45, 7) is 0. The quantitative estimate of drug-likeness (QED) is 0.236. The Morgan fingerprint density at radius 3 is 0.841 bits per heavy atom. The van der Waals surface area contributed by atoms with E-state index < -0.39 is 69.8 Å². The summed E-state index contributed by atoms with van der Waals surface area (Å²) in [6.07, 6.45) is 0. The maximum Gasteiger partial charge on any atom is 0.335 e. The standard InChI is InChI=1S/C30H14N2O12/c33-23-17-1-2-18-22-20(26(36)32(24(18)34)16-9-13(29(41)42)6-14(10-16)30(43)44)4-3-19(21(17)22)25(35)31(23)15-7-11(27(37)38)5-12(8-15)28(39)40/h1-10H,(H,37,38)(H,39,40)(H,41,42)(H,43,44). The number of carboxylic acid groups (broad SMARTS) is 4. The molecule has 0 atom stereocenters. The van der Waals surface area contributed by atoms with Crippen molar-refractivity contribution < 1.29 is 58.8 Å². The van der Waals surface area contributed by atoms with Crippen molar-refractivity contribution in [3.8, 4) is 0 Å². The molecule has 4 amide bonds. The van der Waals surface area contributed by atoms with Gasteiger partial charge in [0.15, 0.2) is 0 Å². The summed E-state index contributed by atoms with van der Waals surface area (Å²) in [5, 5.41) is 37.7. The van der Waals surface area contributed by atoms with Crippen LogP contribution >= 0.6 is 0 Å². The minimum Gasteiger partial charge on any atom is -0.478 e. The van der Waals surface area contributed by atoms with Crippen molar-refractivity contribution in [3.63, 3.8) is 0 Å². The van der Waals surface area contributed by atoms with Crippen LogP contribution in [0.1, 0.15) is 82.9 Å². The molecule has 4 N–H and O–H groups in total. The zero-order valence-electron chi connectivity index (χ0n) is 21.7. The third kappa shape index (κ3) is 3.89. The normalized spacial score (nSPS) is 13.8. The minimum atomic E-state index is -1.50. The number of carbonyl (C=O) groups excluding carboxylic acids is 4. The van der Waals surface area contributed by atoms with Gasteiger partial charge in [0.1, 0.15) is 0 Å². The molecule has 0 bridgehead atoms. The van der Waals surface area contributed by atoms with Crippen LogP contribution in [0.3, 0.4) is 0 Å². The van der Waals surface area contributed by atoms with Crippen molar-refractivity contribution in [3.05, 3.63) is 105 Å². The van der Waals surface area contributed by atoms with E-state index in [1.165, 1.54) is 24.3 Å². The monoisotopic (exact) mass is 594 g/mol. The summed E-state index contributed by atoms with van der Waals surface area (Å²) in [5.41, 5.74) is -3.22. The fraction of sp³-hybridized carbons (Fsp3) is 0. The number of hydrogen-bond acceptors (Lipinski definition) is 8. The third-order valence-corrected chi connectivity index (χ3v) is 7.23. The van der Waals surface area contributed by atoms with Gasteiger partial charge in [0.25, 0.3) is 23.6 Å². The number of hydrogen-bond donors (Lipinski definition) is 4. The molecule has 44 heavy (non-hydrogen) atoms. The highest BCUT2D eigenvalue weighted by molar-refractivity contribution is 6.42. The minimum absolute atomic E-state index is 0.0500. The second kappa shape index (κ2) is 9.42. The Kier molecular flexibility index (Phi) is 5.88. The predicted octanol–water partition coefficient (Wildman–Crippen LogP) is 3.23. The second-order valence-corrected chi connectivity index (χ2v) is 9.72. The van der Waals surface area contributed by atoms with E-state index in [-0.39, 0.29) is 44.4 Å². The highest BCUT2D eigenvalue weighted by Crippen LogP contribution is 2.40. The molecule has 0 fully saturated rings. The van der Waals surface area contributed by atoms with E-state index in [2.05, 4.69) is 0 Å². The lowest BCUT2D eigenvalue weighted by molar-refractivity contribution is 0.0676. The molecule has 2 aliphatic rings. The summed E-state index contributed by atoms with van der Waals surface area (Å²) in [4.78, 5) is 102. The van der Waals surface area contributed by atoms with Crippen LogP contribution in [0, 0.1) is 0 Å². The van der Waals surface area contributed by atoms with Gasteiger partial charge in [-0.15, -0.1) is 0 Å². The van der Waals surface area contributed by atoms with Gasteiger partial charge in [0, 0.05) is 33.0 Å². The van der Waals surface area contributed by atoms with E-state index in [0.717, 1.165) is 36.4 Å². The number of rotatable bonds is 6. The number of imide groups is 2. The topological polar surface area (TPSA) is 224 Å². The van der Waals surface area contributed by atoms with Crippen LogP contribution in [0.25, 0.3) is 10.8 Å². The van der Waals surface area contributed by atoms with Crippen LogP contribution in [-0.2, 0) is 0 Å². The molecule has 216 valence electrons. The Morgan fingerprint density at radius 1 is 0.409 bits per heavy atom. The SMILES string of the molecule is O=C(O)c1cc(C(=O)O)cc(N2C(=O)c3ccc4c5c(ccc(c35)C2=O)C(=O)N(c2cc(C(=O)O)cc(C(=O)O)c2)C4=O)c1. The van der Waals surface area contributed by atoms with Crippen LogP contribution in [0.4, 0.5) is 11.4 Å². The van der Waals surface area contributed by atoms with Gasteiger partial charge in [0.05, 0.1) is 33.6 Å². The first kappa shape index (κ1) is 27.5. The molecule has 4 aromatic rings. The highest BCUT2D eigenvalue weighted by Gasteiger charge is 2.41. The Labute approximate surface area is 243 Å². The molecule has 2 heterocycles. The van der Waals surface area contributed by atoms with Gasteiger partial charge in [-0.1, -0.05) is 0 Å². The van der Waals surface area contributed by atoms with Gasteiger partial charge in [-0.3, -0.25) is 19.2 Å². The first-order valence-electron chi connectivity index (χ1n) is 12.4. The first-order valence-corrected chi connectivity index (χ1v) is 12.4. The summed E-state index contributed by atoms with van der Waals surface area (Å²) in [7, 11) is 0. The lowest BCUT2D eigenvalue weighted by atomic mass is 9.85. The van der Waals surface area contributed by atoms with Gasteiger partial charge < -0.3 is 20.4 Å². The molecule has 6 rings (SSSR count). The van der Waals surface area contributed by atoms with Gasteiger partial charge in [-0.05, 0) is 60.7 Å². The highest BCUT2D eigenvalue weighted by atomic mass is 16.4. The third-order valence-electron chi connectivity index (χ3n) is 7.23. The molecule has 0 aromatic heterocycles. The van der Waals surface area contributed by atoms with E-state index >= 15 is 0 Å². The molecule has 0 saturated heterocycles. The van der Waals surface area contributed by atoms with E-state index in [9.17, 15) is 58.8 Å². The molecule has 0 unspecified atom stereocenters. The van der Waals surface area contributed by atoms with E-state index in [1.807, 2.05) is 0 Å². The lowest BCUT2D eigenvalue weighted by Crippen LogP contribution is -2.43. The van der Waals surface area contributed by atoms with Crippen LogP contribution < -0.4 is 9.80 Å². The molecule has 14 heteroatoms. The van der Waals surface area contributed by atoms with Crippen LogP contribution in [-0.4, -0.2) is 67.9 Å². The van der Waals surface area contributed by atoms with Crippen LogP contribution in [0.15, 0.2) is 60.7 Å². The second-order valence-electron chi connectivity index (χ2n) is 9.72. The zero-order chi connectivity index (χ0) is 31.8. The Morgan fingerprint density at radius 2 is 0.636 bits per heavy atom. The number of nitrogens with zero attached hydrogens (tertiary/aromatic N) is 2. The molecule has 2 aliphatic heterocycles. The van der Waals surface area contributed by atoms with Gasteiger partial charge in [-0.25, -0.2) is 29.0 Å². The molecule has 0 spiro atoms. The number of carbonyl (C=O) groups is 8. The smallest absolute Gasteiger partial charge is 0.335 e. The molecular weight excluding hydrogens is 580 g/mol. The van der Waals surface area contributed by atoms with Gasteiger partial charge in [-0.2, -0.15) is 0 Å². The number of carboxylic acids is 4. The van der Waals surface area contributed by atoms with Gasteiger partial charge >= 0.3 is 23.9 Å². The van der Waals surface area contributed by atoms with Crippen molar-refractivity contribution in [1.29, 1.82) is 0 Å². The summed E-state index contributed by atoms with van der Waals surface area (Å²) in [6, 6.07) is 10.4. The largest absolute Gasteiger partial charge is 0.478 e. The van der Waals surface area contributed by atoms with Crippen molar-refractivity contribution in [2.24, 2.45) is 0 Å². The molecule has 0 radical (unpaired) electrons. The van der Waals surface area contributed by atoms with Crippen molar-refractivity contribution >= 4 is 69.7 Å². The maximum atomic E-state index is 13.7. The summed E-state index contributed by atoms with van der Waals surface area (Å²) >= 11 is 0. The molecular formula is C30H14N2O12. The number of aromatic carboxylic acids is 4. The van der Waals surface area contributed by atoms with Crippen molar-refractivity contribution in [2.75, 3.05) is 9.80 Å². The van der Waals surface area contributed by atoms with E-state index in [4.69, 9.17) is 0 Å². The van der Waals surface area contributed by atoms with Gasteiger partial charge in [0.2, 0.25) is 0 Å². The lowest BCUT2D eigenvalue weighted by Gasteiger charge is -2.32. The van der Waals surface area contributed by atoms with Crippen molar-refractivity contribution in [1.82, 2.24) is 0 Å². The fourth-order valence-corrected chi connectivity index (χ4v) is 5.32. The average Bonchev–Trinajstić information content (AvgIpc) is 2.98. The maximum absolute atomic E-state index is 13.7. The van der Waals surface area contributed by atoms with Crippen LogP contribution in [0.2, 0.25) is 0 Å². The first-order chi connectivity index (χ1) is 20.8. The van der Waals surface area contributed by atoms with Crippen molar-refractivity contribution in [2.45, 2.75) is 0 Å². The molecule has 0 saturated carbocycles. The molecule has 4 aromatic carbocycles. The number of anilines is 2. The number of benzene rings is 4. The molecule has 0 aliphatic carbocycles. The number of amides is 4. The summed E-state index contributed by atoms with van der Waals surface area (Å²) < 4.78 is 0. The molecule has 14 nitrogen and oxygen atoms in total. The Balaban J connectivity index is 1.52. The predicted molar refractivity (Wildman–Crippen MR) is 147 cm³/mol. The fourth-order valence-electron chi connectivity index (χ4n) is 5.32. The average molecular weight is 594 g/mol. The summed E-state index contributed by atoms with van der Waals surface area (Å²) in [5.74, 6) is -9.93. The zero-order valence-corrected chi connectivity index (χ0v) is 21.7. The van der Waals surface area contributed by atoms with E-state index in [0.29, 0.717) is 9.80 Å². The van der Waals surface area contributed by atoms with E-state index in [1.54, 1.807) is 0 Å².